The summed E-state index contributed by atoms with van der Waals surface area (Å²) in [5.74, 6) is -2.27. The maximum atomic E-state index is 13.6. The van der Waals surface area contributed by atoms with Crippen molar-refractivity contribution >= 4 is 35.4 Å². The number of anilines is 1. The van der Waals surface area contributed by atoms with Crippen molar-refractivity contribution in [1.29, 1.82) is 0 Å². The van der Waals surface area contributed by atoms with E-state index in [1.807, 2.05) is 66.7 Å². The predicted molar refractivity (Wildman–Crippen MR) is 178 cm³/mol. The summed E-state index contributed by atoms with van der Waals surface area (Å²) in [7, 11) is 1.64. The van der Waals surface area contributed by atoms with Crippen molar-refractivity contribution in [2.24, 2.45) is 16.6 Å². The van der Waals surface area contributed by atoms with Gasteiger partial charge in [0.2, 0.25) is 5.91 Å². The Labute approximate surface area is 273 Å². The summed E-state index contributed by atoms with van der Waals surface area (Å²) < 4.78 is 5.17. The SMILES string of the molecule is CN(C(=O)c1ccc2c(c1)C[C@H](CC(=O)O)C(=O)N(CCc1ccccc1)C2)c1ccc(C(N)=NC(=O)OCc2ccccc2)cc1. The molecule has 1 heterocycles. The summed E-state index contributed by atoms with van der Waals surface area (Å²) >= 11 is 0. The van der Waals surface area contributed by atoms with Crippen molar-refractivity contribution in [3.63, 3.8) is 0 Å². The summed E-state index contributed by atoms with van der Waals surface area (Å²) in [5.41, 5.74) is 11.1. The van der Waals surface area contributed by atoms with Crippen LogP contribution in [0.15, 0.2) is 108 Å². The van der Waals surface area contributed by atoms with Crippen molar-refractivity contribution in [1.82, 2.24) is 4.90 Å². The van der Waals surface area contributed by atoms with Gasteiger partial charge in [-0.3, -0.25) is 14.4 Å². The Kier molecular flexibility index (Phi) is 10.4. The van der Waals surface area contributed by atoms with Crippen molar-refractivity contribution in [3.05, 3.63) is 137 Å². The van der Waals surface area contributed by atoms with Gasteiger partial charge in [0, 0.05) is 37.0 Å². The number of hydrogen-bond acceptors (Lipinski definition) is 5. The van der Waals surface area contributed by atoms with Gasteiger partial charge in [-0.1, -0.05) is 66.7 Å². The fourth-order valence-corrected chi connectivity index (χ4v) is 5.55. The van der Waals surface area contributed by atoms with E-state index in [9.17, 15) is 24.3 Å². The maximum Gasteiger partial charge on any atom is 0.435 e. The summed E-state index contributed by atoms with van der Waals surface area (Å²) in [4.78, 5) is 57.9. The molecule has 0 saturated carbocycles. The monoisotopic (exact) mass is 632 g/mol. The molecule has 0 unspecified atom stereocenters. The molecule has 240 valence electrons. The van der Waals surface area contributed by atoms with Gasteiger partial charge in [-0.05, 0) is 71.5 Å². The standard InChI is InChI=1S/C37H36N4O6/c1-40(32-16-14-27(15-17-32)34(38)39-37(46)47-24-26-10-6-3-7-11-26)35(44)28-12-13-29-23-41(19-18-25-8-4-2-5-9-25)36(45)31(22-33(42)43)21-30(29)20-28/h2-17,20,31H,18-19,21-24H2,1H3,(H,42,43)(H2,38,39,46)/t31-/m1/s1. The van der Waals surface area contributed by atoms with Gasteiger partial charge < -0.3 is 25.4 Å². The molecule has 1 aliphatic heterocycles. The second-order valence-electron chi connectivity index (χ2n) is 11.4. The lowest BCUT2D eigenvalue weighted by molar-refractivity contribution is -0.144. The molecule has 10 nitrogen and oxygen atoms in total. The zero-order chi connectivity index (χ0) is 33.3. The Balaban J connectivity index is 1.27. The van der Waals surface area contributed by atoms with E-state index < -0.39 is 18.0 Å². The topological polar surface area (TPSA) is 143 Å². The van der Waals surface area contributed by atoms with Gasteiger partial charge in [0.1, 0.15) is 12.4 Å². The fraction of sp³-hybridized carbons (Fsp3) is 0.216. The van der Waals surface area contributed by atoms with E-state index >= 15 is 0 Å². The molecule has 4 aromatic carbocycles. The minimum Gasteiger partial charge on any atom is -0.481 e. The van der Waals surface area contributed by atoms with Gasteiger partial charge in [0.05, 0.1) is 12.3 Å². The number of rotatable bonds is 10. The van der Waals surface area contributed by atoms with E-state index in [-0.39, 0.29) is 37.1 Å². The summed E-state index contributed by atoms with van der Waals surface area (Å²) in [6.07, 6.45) is -0.217. The fourth-order valence-electron chi connectivity index (χ4n) is 5.55. The van der Waals surface area contributed by atoms with Crippen molar-refractivity contribution < 1.29 is 29.0 Å². The van der Waals surface area contributed by atoms with Crippen molar-refractivity contribution in [3.8, 4) is 0 Å². The van der Waals surface area contributed by atoms with Crippen LogP contribution in [0.25, 0.3) is 0 Å². The Morgan fingerprint density at radius 2 is 1.53 bits per heavy atom. The molecule has 0 bridgehead atoms. The molecule has 5 rings (SSSR count). The van der Waals surface area contributed by atoms with E-state index in [0.717, 1.165) is 22.3 Å². The number of aliphatic carboxylic acids is 1. The number of carboxylic acid groups (broad SMARTS) is 1. The lowest BCUT2D eigenvalue weighted by atomic mass is 9.93. The third-order valence-electron chi connectivity index (χ3n) is 8.15. The van der Waals surface area contributed by atoms with Crippen LogP contribution in [0.1, 0.15) is 44.6 Å². The highest BCUT2D eigenvalue weighted by Gasteiger charge is 2.31. The first-order valence-electron chi connectivity index (χ1n) is 15.3. The summed E-state index contributed by atoms with van der Waals surface area (Å²) in [5, 5.41) is 9.55. The number of carbonyl (C=O) groups excluding carboxylic acids is 3. The van der Waals surface area contributed by atoms with Crippen LogP contribution >= 0.6 is 0 Å². The maximum absolute atomic E-state index is 13.6. The van der Waals surface area contributed by atoms with Crippen LogP contribution < -0.4 is 10.6 Å². The number of fused-ring (bicyclic) bond motifs is 1. The summed E-state index contributed by atoms with van der Waals surface area (Å²) in [6.45, 7) is 0.877. The second-order valence-corrected chi connectivity index (χ2v) is 11.4. The first-order valence-corrected chi connectivity index (χ1v) is 15.3. The number of amidine groups is 1. The number of nitrogens with zero attached hydrogens (tertiary/aromatic N) is 3. The number of carbonyl (C=O) groups is 4. The first kappa shape index (κ1) is 32.6. The van der Waals surface area contributed by atoms with E-state index in [1.54, 1.807) is 48.3 Å². The highest BCUT2D eigenvalue weighted by Crippen LogP contribution is 2.27. The van der Waals surface area contributed by atoms with Crippen LogP contribution in [0.5, 0.6) is 0 Å². The van der Waals surface area contributed by atoms with Gasteiger partial charge in [-0.2, -0.15) is 4.99 Å². The molecule has 1 atom stereocenters. The third-order valence-corrected chi connectivity index (χ3v) is 8.15. The normalized spacial score (nSPS) is 14.6. The molecule has 3 N–H and O–H groups in total. The molecule has 3 amide bonds. The van der Waals surface area contributed by atoms with Gasteiger partial charge in [0.15, 0.2) is 0 Å². The lowest BCUT2D eigenvalue weighted by Crippen LogP contribution is -2.37. The van der Waals surface area contributed by atoms with E-state index in [2.05, 4.69) is 4.99 Å². The predicted octanol–water partition coefficient (Wildman–Crippen LogP) is 5.22. The molecule has 1 aliphatic rings. The molecule has 0 aromatic heterocycles. The van der Waals surface area contributed by atoms with Crippen LogP contribution in [0.4, 0.5) is 10.5 Å². The van der Waals surface area contributed by atoms with Crippen LogP contribution in [-0.4, -0.2) is 53.3 Å². The molecular formula is C37H36N4O6. The average Bonchev–Trinajstić information content (AvgIpc) is 3.21. The number of nitrogens with two attached hydrogens (primary N) is 1. The Morgan fingerprint density at radius 3 is 2.19 bits per heavy atom. The minimum atomic E-state index is -1.04. The van der Waals surface area contributed by atoms with Crippen LogP contribution in [0, 0.1) is 5.92 Å². The minimum absolute atomic E-state index is 0.0161. The van der Waals surface area contributed by atoms with Crippen LogP contribution in [-0.2, 0) is 40.3 Å². The average molecular weight is 633 g/mol. The molecular weight excluding hydrogens is 596 g/mol. The molecule has 0 radical (unpaired) electrons. The lowest BCUT2D eigenvalue weighted by Gasteiger charge is -2.24. The van der Waals surface area contributed by atoms with Gasteiger partial charge in [-0.25, -0.2) is 4.79 Å². The molecule has 0 aliphatic carbocycles. The Bertz CT molecular complexity index is 1770. The number of ether oxygens (including phenoxy) is 1. The van der Waals surface area contributed by atoms with Gasteiger partial charge in [0.25, 0.3) is 5.91 Å². The third kappa shape index (κ3) is 8.49. The number of carboxylic acids is 1. The zero-order valence-electron chi connectivity index (χ0n) is 26.0. The molecule has 0 fully saturated rings. The second kappa shape index (κ2) is 15.0. The first-order chi connectivity index (χ1) is 22.7. The largest absolute Gasteiger partial charge is 0.481 e. The highest BCUT2D eigenvalue weighted by molar-refractivity contribution is 6.07. The molecule has 47 heavy (non-hydrogen) atoms. The number of hydrogen-bond donors (Lipinski definition) is 2. The molecule has 4 aromatic rings. The summed E-state index contributed by atoms with van der Waals surface area (Å²) in [6, 6.07) is 31.1. The Hall–Kier alpha value is -5.77. The quantitative estimate of drug-likeness (QED) is 0.180. The number of amides is 3. The van der Waals surface area contributed by atoms with E-state index in [0.29, 0.717) is 36.3 Å². The van der Waals surface area contributed by atoms with E-state index in [1.165, 1.54) is 4.90 Å². The molecule has 0 spiro atoms. The number of aliphatic imine (C=N–C) groups is 1. The zero-order valence-corrected chi connectivity index (χ0v) is 26.0. The number of benzene rings is 4. The smallest absolute Gasteiger partial charge is 0.435 e. The van der Waals surface area contributed by atoms with Gasteiger partial charge >= 0.3 is 12.1 Å². The molecule has 0 saturated heterocycles. The van der Waals surface area contributed by atoms with Crippen molar-refractivity contribution in [2.45, 2.75) is 32.4 Å². The highest BCUT2D eigenvalue weighted by atomic mass is 16.5. The van der Waals surface area contributed by atoms with E-state index in [4.69, 9.17) is 10.5 Å². The van der Waals surface area contributed by atoms with Crippen LogP contribution in [0.3, 0.4) is 0 Å². The molecule has 10 heteroatoms. The van der Waals surface area contributed by atoms with Crippen LogP contribution in [0.2, 0.25) is 0 Å². The van der Waals surface area contributed by atoms with Crippen molar-refractivity contribution in [2.75, 3.05) is 18.5 Å². The van der Waals surface area contributed by atoms with Gasteiger partial charge in [-0.15, -0.1) is 0 Å². The Morgan fingerprint density at radius 1 is 0.894 bits per heavy atom.